The summed E-state index contributed by atoms with van der Waals surface area (Å²) in [5.74, 6) is -0.294. The van der Waals surface area contributed by atoms with E-state index in [0.717, 1.165) is 5.56 Å². The molecular weight excluding hydrogens is 328 g/mol. The van der Waals surface area contributed by atoms with Gasteiger partial charge in [-0.3, -0.25) is 4.84 Å². The molecule has 3 rings (SSSR count). The molecule has 1 heterocycles. The van der Waals surface area contributed by atoms with Gasteiger partial charge in [0.25, 0.3) is 0 Å². The minimum atomic E-state index is -0.821. The van der Waals surface area contributed by atoms with E-state index in [-0.39, 0.29) is 12.0 Å². The number of hydrogen-bond acceptors (Lipinski definition) is 5. The van der Waals surface area contributed by atoms with Crippen LogP contribution in [0.15, 0.2) is 60.7 Å². The first kappa shape index (κ1) is 18.1. The number of hydrogen-bond donors (Lipinski definition) is 0. The number of carbonyl (C=O) groups is 1. The Bertz CT molecular complexity index is 771. The van der Waals surface area contributed by atoms with Crippen LogP contribution in [0.3, 0.4) is 0 Å². The van der Waals surface area contributed by atoms with Crippen molar-refractivity contribution in [2.45, 2.75) is 38.6 Å². The van der Waals surface area contributed by atoms with E-state index in [1.807, 2.05) is 50.2 Å². The number of esters is 1. The molecular formula is C21H22N2O3. The van der Waals surface area contributed by atoms with Gasteiger partial charge in [0.2, 0.25) is 6.10 Å². The summed E-state index contributed by atoms with van der Waals surface area (Å²) in [4.78, 5) is 18.3. The predicted molar refractivity (Wildman–Crippen MR) is 96.7 cm³/mol. The molecule has 1 aliphatic rings. The number of carbonyl (C=O) groups excluding carboxylic acids is 1. The zero-order chi connectivity index (χ0) is 18.5. The molecule has 0 aliphatic carbocycles. The highest BCUT2D eigenvalue weighted by atomic mass is 16.7. The van der Waals surface area contributed by atoms with Crippen LogP contribution in [0.5, 0.6) is 0 Å². The highest BCUT2D eigenvalue weighted by Crippen LogP contribution is 2.31. The van der Waals surface area contributed by atoms with Gasteiger partial charge in [0.05, 0.1) is 11.6 Å². The first-order valence-electron chi connectivity index (χ1n) is 8.73. The molecule has 0 bridgehead atoms. The summed E-state index contributed by atoms with van der Waals surface area (Å²) < 4.78 is 5.71. The lowest BCUT2D eigenvalue weighted by molar-refractivity contribution is -0.162. The molecule has 5 nitrogen and oxygen atoms in total. The Balaban J connectivity index is 1.80. The fourth-order valence-corrected chi connectivity index (χ4v) is 3.23. The summed E-state index contributed by atoms with van der Waals surface area (Å²) in [6.07, 6.45) is -1.46. The lowest BCUT2D eigenvalue weighted by Gasteiger charge is -2.28. The largest absolute Gasteiger partial charge is 0.453 e. The molecule has 0 amide bonds. The van der Waals surface area contributed by atoms with Crippen LogP contribution >= 0.6 is 0 Å². The third-order valence-electron chi connectivity index (χ3n) is 4.46. The number of ether oxygens (including phenoxy) is 1. The summed E-state index contributed by atoms with van der Waals surface area (Å²) >= 11 is 0. The van der Waals surface area contributed by atoms with Crippen molar-refractivity contribution in [3.63, 3.8) is 0 Å². The van der Waals surface area contributed by atoms with Crippen molar-refractivity contribution < 1.29 is 14.4 Å². The van der Waals surface area contributed by atoms with Crippen LogP contribution in [0, 0.1) is 17.2 Å². The lowest BCUT2D eigenvalue weighted by atomic mass is 9.95. The zero-order valence-electron chi connectivity index (χ0n) is 14.9. The van der Waals surface area contributed by atoms with Gasteiger partial charge in [-0.2, -0.15) is 10.3 Å². The van der Waals surface area contributed by atoms with Gasteiger partial charge in [0, 0.05) is 6.54 Å². The molecule has 1 aliphatic heterocycles. The van der Waals surface area contributed by atoms with Crippen LogP contribution in [0.4, 0.5) is 0 Å². The molecule has 0 aromatic heterocycles. The van der Waals surface area contributed by atoms with E-state index in [1.165, 1.54) is 0 Å². The topological polar surface area (TPSA) is 62.6 Å². The molecule has 3 atom stereocenters. The van der Waals surface area contributed by atoms with Gasteiger partial charge >= 0.3 is 5.97 Å². The van der Waals surface area contributed by atoms with Gasteiger partial charge in [-0.15, -0.1) is 0 Å². The number of hydroxylamine groups is 2. The molecule has 1 fully saturated rings. The minimum Gasteiger partial charge on any atom is -0.453 e. The van der Waals surface area contributed by atoms with Crippen molar-refractivity contribution in [2.24, 2.45) is 5.92 Å². The van der Waals surface area contributed by atoms with E-state index in [9.17, 15) is 10.1 Å². The van der Waals surface area contributed by atoms with Gasteiger partial charge in [-0.1, -0.05) is 62.4 Å². The minimum absolute atomic E-state index is 0.144. The monoisotopic (exact) mass is 350 g/mol. The Morgan fingerprint density at radius 1 is 1.15 bits per heavy atom. The summed E-state index contributed by atoms with van der Waals surface area (Å²) in [6.45, 7) is 4.60. The van der Waals surface area contributed by atoms with Crippen LogP contribution in [0.2, 0.25) is 0 Å². The zero-order valence-corrected chi connectivity index (χ0v) is 14.9. The Morgan fingerprint density at radius 2 is 1.77 bits per heavy atom. The number of nitrogens with zero attached hydrogens (tertiary/aromatic N) is 2. The van der Waals surface area contributed by atoms with Gasteiger partial charge in [0.15, 0.2) is 6.10 Å². The van der Waals surface area contributed by atoms with Crippen molar-refractivity contribution in [2.75, 3.05) is 0 Å². The Kier molecular flexibility index (Phi) is 5.67. The van der Waals surface area contributed by atoms with Crippen LogP contribution < -0.4 is 0 Å². The summed E-state index contributed by atoms with van der Waals surface area (Å²) in [6, 6.07) is 20.6. The first-order chi connectivity index (χ1) is 12.6. The number of nitriles is 1. The molecule has 1 saturated heterocycles. The van der Waals surface area contributed by atoms with Gasteiger partial charge in [-0.05, 0) is 23.6 Å². The Morgan fingerprint density at radius 3 is 2.35 bits per heavy atom. The van der Waals surface area contributed by atoms with Crippen molar-refractivity contribution in [1.29, 1.82) is 5.26 Å². The van der Waals surface area contributed by atoms with Crippen molar-refractivity contribution in [3.05, 3.63) is 71.8 Å². The Hall–Kier alpha value is -2.68. The average molecular weight is 350 g/mol. The second kappa shape index (κ2) is 8.13. The van der Waals surface area contributed by atoms with E-state index < -0.39 is 18.2 Å². The van der Waals surface area contributed by atoms with Gasteiger partial charge in [-0.25, -0.2) is 4.79 Å². The van der Waals surface area contributed by atoms with Crippen molar-refractivity contribution >= 4 is 5.97 Å². The van der Waals surface area contributed by atoms with Crippen molar-refractivity contribution in [1.82, 2.24) is 5.06 Å². The molecule has 0 N–H and O–H groups in total. The van der Waals surface area contributed by atoms with Gasteiger partial charge < -0.3 is 4.74 Å². The maximum atomic E-state index is 12.5. The predicted octanol–water partition coefficient (Wildman–Crippen LogP) is 3.58. The quantitative estimate of drug-likeness (QED) is 0.771. The third-order valence-corrected chi connectivity index (χ3v) is 4.46. The highest BCUT2D eigenvalue weighted by molar-refractivity contribution is 5.89. The smallest absolute Gasteiger partial charge is 0.338 e. The molecule has 0 radical (unpaired) electrons. The maximum absolute atomic E-state index is 12.5. The van der Waals surface area contributed by atoms with Crippen LogP contribution in [0.1, 0.15) is 29.8 Å². The average Bonchev–Trinajstić information content (AvgIpc) is 3.00. The summed E-state index contributed by atoms with van der Waals surface area (Å²) in [7, 11) is 0. The van der Waals surface area contributed by atoms with Crippen LogP contribution in [-0.2, 0) is 16.1 Å². The SMILES string of the molecule is CC(C)[C@H]1[C@H](OC(=O)c2ccccc2)[C@H](C#N)ON1Cc1ccccc1. The molecule has 134 valence electrons. The summed E-state index contributed by atoms with van der Waals surface area (Å²) in [5.41, 5.74) is 1.54. The highest BCUT2D eigenvalue weighted by Gasteiger charge is 2.47. The molecule has 2 aromatic rings. The molecule has 26 heavy (non-hydrogen) atoms. The van der Waals surface area contributed by atoms with Crippen LogP contribution in [0.25, 0.3) is 0 Å². The second-order valence-electron chi connectivity index (χ2n) is 6.69. The molecule has 0 unspecified atom stereocenters. The van der Waals surface area contributed by atoms with Gasteiger partial charge in [0.1, 0.15) is 6.07 Å². The second-order valence-corrected chi connectivity index (χ2v) is 6.69. The Labute approximate surface area is 153 Å². The molecule has 2 aromatic carbocycles. The molecule has 0 saturated carbocycles. The van der Waals surface area contributed by atoms with E-state index in [0.29, 0.717) is 12.1 Å². The molecule has 0 spiro atoms. The van der Waals surface area contributed by atoms with Crippen LogP contribution in [-0.4, -0.2) is 29.3 Å². The fraction of sp³-hybridized carbons (Fsp3) is 0.333. The lowest BCUT2D eigenvalue weighted by Crippen LogP contribution is -2.42. The fourth-order valence-electron chi connectivity index (χ4n) is 3.23. The maximum Gasteiger partial charge on any atom is 0.338 e. The number of benzene rings is 2. The van der Waals surface area contributed by atoms with E-state index >= 15 is 0 Å². The third kappa shape index (κ3) is 3.93. The standard InChI is InChI=1S/C21H22N2O3/c1-15(2)19-20(25-21(24)17-11-7-4-8-12-17)18(13-22)26-23(19)14-16-9-5-3-6-10-16/h3-12,15,18-20H,14H2,1-2H3/t18-,19-,20+/m0/s1. The normalized spacial score (nSPS) is 22.9. The van der Waals surface area contributed by atoms with E-state index in [4.69, 9.17) is 9.57 Å². The van der Waals surface area contributed by atoms with E-state index in [1.54, 1.807) is 29.3 Å². The van der Waals surface area contributed by atoms with Crippen molar-refractivity contribution in [3.8, 4) is 6.07 Å². The first-order valence-corrected chi connectivity index (χ1v) is 8.73. The number of rotatable bonds is 5. The summed E-state index contributed by atoms with van der Waals surface area (Å²) in [5, 5.41) is 11.3. The van der Waals surface area contributed by atoms with E-state index in [2.05, 4.69) is 6.07 Å². The molecule has 5 heteroatoms.